The number of aromatic nitrogens is 1. The van der Waals surface area contributed by atoms with E-state index in [2.05, 4.69) is 15.6 Å². The van der Waals surface area contributed by atoms with Gasteiger partial charge in [-0.15, -0.1) is 11.8 Å². The highest BCUT2D eigenvalue weighted by molar-refractivity contribution is 8.00. The van der Waals surface area contributed by atoms with Gasteiger partial charge in [-0.1, -0.05) is 61.5 Å². The van der Waals surface area contributed by atoms with Crippen molar-refractivity contribution in [3.05, 3.63) is 101 Å². The molecule has 0 bridgehead atoms. The van der Waals surface area contributed by atoms with Gasteiger partial charge < -0.3 is 21.0 Å². The Labute approximate surface area is 240 Å². The van der Waals surface area contributed by atoms with E-state index in [1.54, 1.807) is 41.2 Å². The molecule has 3 amide bonds. The summed E-state index contributed by atoms with van der Waals surface area (Å²) in [5, 5.41) is 6.14. The number of rotatable bonds is 9. The zero-order chi connectivity index (χ0) is 28.0. The Bertz CT molecular complexity index is 1300. The van der Waals surface area contributed by atoms with E-state index in [0.29, 0.717) is 24.4 Å². The predicted octanol–water partition coefficient (Wildman–Crippen LogP) is 3.54. The standard InChI is InChI=1S/C31H36N4O3S.H2O/c1-21-10-8-9-13-25(21)19-33-29(37)27-31(3,4)39-20-35(27)30(38)22(2)26(18-23-11-6-5-7-12-23)34-28(36)24-14-16-32-17-15-24;/h5-17,22,26-27H,18-20H2,1-4H3,(H,33,37)(H,34,36);1H2/t22-,26-,27+;/m0./s1. The Kier molecular flexibility index (Phi) is 10.5. The van der Waals surface area contributed by atoms with Gasteiger partial charge in [0.2, 0.25) is 11.8 Å². The molecule has 1 saturated heterocycles. The first-order valence-electron chi connectivity index (χ1n) is 13.2. The van der Waals surface area contributed by atoms with Crippen LogP contribution in [0.3, 0.4) is 0 Å². The molecule has 0 unspecified atom stereocenters. The summed E-state index contributed by atoms with van der Waals surface area (Å²) in [5.41, 5.74) is 3.64. The molecular formula is C31H38N4O4S. The summed E-state index contributed by atoms with van der Waals surface area (Å²) >= 11 is 1.59. The lowest BCUT2D eigenvalue weighted by Gasteiger charge is -2.34. The van der Waals surface area contributed by atoms with Crippen LogP contribution in [0, 0.1) is 12.8 Å². The molecule has 3 aromatic rings. The molecular weight excluding hydrogens is 524 g/mol. The average Bonchev–Trinajstić information content (AvgIpc) is 3.27. The van der Waals surface area contributed by atoms with E-state index in [1.165, 1.54) is 0 Å². The first kappa shape index (κ1) is 30.8. The van der Waals surface area contributed by atoms with Gasteiger partial charge in [0, 0.05) is 35.3 Å². The van der Waals surface area contributed by atoms with Gasteiger partial charge >= 0.3 is 0 Å². The summed E-state index contributed by atoms with van der Waals surface area (Å²) in [7, 11) is 0. The first-order valence-corrected chi connectivity index (χ1v) is 14.2. The Hall–Kier alpha value is -3.69. The molecule has 1 fully saturated rings. The van der Waals surface area contributed by atoms with Crippen LogP contribution in [0.2, 0.25) is 0 Å². The highest BCUT2D eigenvalue weighted by Crippen LogP contribution is 2.40. The number of amides is 3. The quantitative estimate of drug-likeness (QED) is 0.413. The molecule has 0 radical (unpaired) electrons. The third-order valence-electron chi connectivity index (χ3n) is 7.34. The van der Waals surface area contributed by atoms with Crippen LogP contribution in [0.1, 0.15) is 47.8 Å². The number of carbonyl (C=O) groups is 3. The zero-order valence-electron chi connectivity index (χ0n) is 23.4. The third kappa shape index (κ3) is 7.28. The van der Waals surface area contributed by atoms with Crippen LogP contribution in [-0.2, 0) is 22.6 Å². The van der Waals surface area contributed by atoms with Gasteiger partial charge in [-0.2, -0.15) is 0 Å². The minimum atomic E-state index is -0.630. The molecule has 212 valence electrons. The normalized spacial score (nSPS) is 17.3. The maximum absolute atomic E-state index is 14.0. The molecule has 0 spiro atoms. The molecule has 1 aromatic heterocycles. The largest absolute Gasteiger partial charge is 0.412 e. The predicted molar refractivity (Wildman–Crippen MR) is 159 cm³/mol. The number of aryl methyl sites for hydroxylation is 1. The Balaban J connectivity index is 0.00000441. The van der Waals surface area contributed by atoms with Gasteiger partial charge in [-0.3, -0.25) is 19.4 Å². The van der Waals surface area contributed by atoms with Gasteiger partial charge in [-0.05, 0) is 56.0 Å². The molecule has 2 heterocycles. The molecule has 0 saturated carbocycles. The molecule has 8 nitrogen and oxygen atoms in total. The molecule has 0 aliphatic carbocycles. The van der Waals surface area contributed by atoms with Crippen LogP contribution in [0.25, 0.3) is 0 Å². The molecule has 4 rings (SSSR count). The summed E-state index contributed by atoms with van der Waals surface area (Å²) in [4.78, 5) is 46.3. The minimum Gasteiger partial charge on any atom is -0.412 e. The van der Waals surface area contributed by atoms with E-state index in [-0.39, 0.29) is 23.2 Å². The second kappa shape index (κ2) is 13.6. The second-order valence-corrected chi connectivity index (χ2v) is 12.1. The number of pyridine rings is 1. The smallest absolute Gasteiger partial charge is 0.251 e. The van der Waals surface area contributed by atoms with Crippen molar-refractivity contribution in [3.8, 4) is 0 Å². The van der Waals surface area contributed by atoms with E-state index in [0.717, 1.165) is 16.7 Å². The van der Waals surface area contributed by atoms with Crippen LogP contribution in [0.4, 0.5) is 0 Å². The molecule has 1 aliphatic rings. The fourth-order valence-corrected chi connectivity index (χ4v) is 6.05. The summed E-state index contributed by atoms with van der Waals surface area (Å²) in [5.74, 6) is -0.734. The van der Waals surface area contributed by atoms with Gasteiger partial charge in [0.1, 0.15) is 6.04 Å². The molecule has 4 N–H and O–H groups in total. The van der Waals surface area contributed by atoms with Crippen molar-refractivity contribution in [2.75, 3.05) is 5.88 Å². The Morgan fingerprint density at radius 2 is 1.68 bits per heavy atom. The van der Waals surface area contributed by atoms with Crippen molar-refractivity contribution in [1.82, 2.24) is 20.5 Å². The highest BCUT2D eigenvalue weighted by Gasteiger charge is 2.49. The zero-order valence-corrected chi connectivity index (χ0v) is 24.2. The molecule has 9 heteroatoms. The maximum Gasteiger partial charge on any atom is 0.251 e. The third-order valence-corrected chi connectivity index (χ3v) is 8.72. The number of nitrogens with one attached hydrogen (secondary N) is 2. The fourth-order valence-electron chi connectivity index (χ4n) is 4.91. The number of benzene rings is 2. The van der Waals surface area contributed by atoms with Gasteiger partial charge in [-0.25, -0.2) is 0 Å². The van der Waals surface area contributed by atoms with Crippen LogP contribution < -0.4 is 10.6 Å². The minimum absolute atomic E-state index is 0. The SMILES string of the molecule is Cc1ccccc1CNC(=O)[C@H]1N(C(=O)[C@@H](C)[C@H](Cc2ccccc2)NC(=O)c2ccncc2)CSC1(C)C.O. The van der Waals surface area contributed by atoms with Gasteiger partial charge in [0.25, 0.3) is 5.91 Å². The lowest BCUT2D eigenvalue weighted by atomic mass is 9.91. The van der Waals surface area contributed by atoms with Gasteiger partial charge in [0.05, 0.1) is 11.8 Å². The van der Waals surface area contributed by atoms with E-state index in [9.17, 15) is 14.4 Å². The number of nitrogens with zero attached hydrogens (tertiary/aromatic N) is 2. The van der Waals surface area contributed by atoms with Gasteiger partial charge in [0.15, 0.2) is 0 Å². The maximum atomic E-state index is 14.0. The molecule has 2 aromatic carbocycles. The number of hydrogen-bond acceptors (Lipinski definition) is 5. The summed E-state index contributed by atoms with van der Waals surface area (Å²) in [6.45, 7) is 8.25. The average molecular weight is 563 g/mol. The fraction of sp³-hybridized carbons (Fsp3) is 0.355. The van der Waals surface area contributed by atoms with Crippen molar-refractivity contribution < 1.29 is 19.9 Å². The summed E-state index contributed by atoms with van der Waals surface area (Å²) in [6, 6.07) is 19.9. The van der Waals surface area contributed by atoms with Crippen LogP contribution in [0.15, 0.2) is 79.1 Å². The summed E-state index contributed by atoms with van der Waals surface area (Å²) in [6.07, 6.45) is 3.62. The van der Waals surface area contributed by atoms with E-state index < -0.39 is 22.7 Å². The number of hydrogen-bond donors (Lipinski definition) is 2. The van der Waals surface area contributed by atoms with Crippen LogP contribution in [-0.4, -0.2) is 55.8 Å². The lowest BCUT2D eigenvalue weighted by Crippen LogP contribution is -2.56. The lowest BCUT2D eigenvalue weighted by molar-refractivity contribution is -0.142. The van der Waals surface area contributed by atoms with Crippen molar-refractivity contribution in [3.63, 3.8) is 0 Å². The summed E-state index contributed by atoms with van der Waals surface area (Å²) < 4.78 is -0.458. The van der Waals surface area contributed by atoms with Crippen LogP contribution in [0.5, 0.6) is 0 Å². The molecule has 1 aliphatic heterocycles. The topological polar surface area (TPSA) is 123 Å². The Morgan fingerprint density at radius 3 is 2.35 bits per heavy atom. The molecule has 3 atom stereocenters. The van der Waals surface area contributed by atoms with E-state index >= 15 is 0 Å². The van der Waals surface area contributed by atoms with Crippen LogP contribution >= 0.6 is 11.8 Å². The number of carbonyl (C=O) groups excluding carboxylic acids is 3. The first-order chi connectivity index (χ1) is 18.7. The van der Waals surface area contributed by atoms with Crippen molar-refractivity contribution in [2.45, 2.75) is 57.5 Å². The van der Waals surface area contributed by atoms with E-state index in [4.69, 9.17) is 0 Å². The van der Waals surface area contributed by atoms with Crippen molar-refractivity contribution >= 4 is 29.5 Å². The number of thioether (sulfide) groups is 1. The molecule has 40 heavy (non-hydrogen) atoms. The monoisotopic (exact) mass is 562 g/mol. The second-order valence-electron chi connectivity index (χ2n) is 10.5. The van der Waals surface area contributed by atoms with E-state index in [1.807, 2.05) is 82.3 Å². The highest BCUT2D eigenvalue weighted by atomic mass is 32.2. The van der Waals surface area contributed by atoms with Crippen molar-refractivity contribution in [1.29, 1.82) is 0 Å². The Morgan fingerprint density at radius 1 is 1.02 bits per heavy atom. The van der Waals surface area contributed by atoms with Crippen molar-refractivity contribution in [2.24, 2.45) is 5.92 Å².